The minimum absolute atomic E-state index is 0.431. The number of nitrogens with zero attached hydrogens (tertiary/aromatic N) is 2. The van der Waals surface area contributed by atoms with Crippen LogP contribution in [0.25, 0.3) is 0 Å². The Labute approximate surface area is 112 Å². The lowest BCUT2D eigenvalue weighted by atomic mass is 10.2. The van der Waals surface area contributed by atoms with E-state index in [2.05, 4.69) is 42.3 Å². The molecule has 0 radical (unpaired) electrons. The summed E-state index contributed by atoms with van der Waals surface area (Å²) < 4.78 is 0. The van der Waals surface area contributed by atoms with Crippen LogP contribution in [-0.4, -0.2) is 6.04 Å². The molecule has 0 amide bonds. The lowest BCUT2D eigenvalue weighted by Gasteiger charge is -2.28. The molecule has 1 aromatic carbocycles. The number of anilines is 1. The van der Waals surface area contributed by atoms with E-state index in [0.717, 1.165) is 12.2 Å². The van der Waals surface area contributed by atoms with E-state index in [0.29, 0.717) is 11.6 Å². The van der Waals surface area contributed by atoms with Crippen molar-refractivity contribution in [3.63, 3.8) is 0 Å². The SMILES string of the molecule is CC(C)N(Cc1cccs1)c1ccc(C#N)cc1. The van der Waals surface area contributed by atoms with Crippen LogP contribution >= 0.6 is 11.3 Å². The van der Waals surface area contributed by atoms with Crippen LogP contribution in [0.2, 0.25) is 0 Å². The van der Waals surface area contributed by atoms with Gasteiger partial charge in [-0.3, -0.25) is 0 Å². The van der Waals surface area contributed by atoms with Crippen molar-refractivity contribution in [3.8, 4) is 6.07 Å². The largest absolute Gasteiger partial charge is 0.364 e. The van der Waals surface area contributed by atoms with Crippen LogP contribution in [0, 0.1) is 11.3 Å². The Kier molecular flexibility index (Phi) is 4.01. The molecule has 0 spiro atoms. The van der Waals surface area contributed by atoms with Crippen molar-refractivity contribution >= 4 is 17.0 Å². The first-order chi connectivity index (χ1) is 8.70. The second-order valence-corrected chi connectivity index (χ2v) is 5.49. The van der Waals surface area contributed by atoms with Gasteiger partial charge in [-0.05, 0) is 49.6 Å². The Morgan fingerprint density at radius 2 is 1.94 bits per heavy atom. The van der Waals surface area contributed by atoms with Crippen LogP contribution in [0.3, 0.4) is 0 Å². The molecule has 2 nitrogen and oxygen atoms in total. The van der Waals surface area contributed by atoms with E-state index in [1.165, 1.54) is 4.88 Å². The molecule has 3 heteroatoms. The molecule has 0 N–H and O–H groups in total. The second-order valence-electron chi connectivity index (χ2n) is 4.46. The molecule has 0 aliphatic heterocycles. The van der Waals surface area contributed by atoms with E-state index in [9.17, 15) is 0 Å². The van der Waals surface area contributed by atoms with Gasteiger partial charge in [0.05, 0.1) is 18.2 Å². The first-order valence-electron chi connectivity index (χ1n) is 6.00. The van der Waals surface area contributed by atoms with Crippen molar-refractivity contribution in [1.82, 2.24) is 0 Å². The monoisotopic (exact) mass is 256 g/mol. The smallest absolute Gasteiger partial charge is 0.0991 e. The zero-order chi connectivity index (χ0) is 13.0. The van der Waals surface area contributed by atoms with Gasteiger partial charge in [-0.1, -0.05) is 6.07 Å². The first kappa shape index (κ1) is 12.7. The van der Waals surface area contributed by atoms with E-state index in [4.69, 9.17) is 5.26 Å². The van der Waals surface area contributed by atoms with E-state index in [1.54, 1.807) is 11.3 Å². The zero-order valence-electron chi connectivity index (χ0n) is 10.6. The number of hydrogen-bond donors (Lipinski definition) is 0. The average Bonchev–Trinajstić information content (AvgIpc) is 2.89. The normalized spacial score (nSPS) is 10.3. The molecule has 0 aliphatic rings. The lowest BCUT2D eigenvalue weighted by molar-refractivity contribution is 0.687. The van der Waals surface area contributed by atoms with Crippen molar-refractivity contribution in [2.75, 3.05) is 4.90 Å². The van der Waals surface area contributed by atoms with Crippen LogP contribution in [0.15, 0.2) is 41.8 Å². The van der Waals surface area contributed by atoms with Crippen molar-refractivity contribution in [2.24, 2.45) is 0 Å². The Bertz CT molecular complexity index is 521. The molecule has 0 fully saturated rings. The summed E-state index contributed by atoms with van der Waals surface area (Å²) in [5.74, 6) is 0. The van der Waals surface area contributed by atoms with E-state index in [1.807, 2.05) is 24.3 Å². The highest BCUT2D eigenvalue weighted by atomic mass is 32.1. The Balaban J connectivity index is 2.21. The molecule has 2 aromatic rings. The average molecular weight is 256 g/mol. The molecule has 1 aromatic heterocycles. The Hall–Kier alpha value is -1.79. The predicted molar refractivity (Wildman–Crippen MR) is 76.8 cm³/mol. The van der Waals surface area contributed by atoms with Gasteiger partial charge in [0.15, 0.2) is 0 Å². The predicted octanol–water partition coefficient (Wildman–Crippen LogP) is 4.03. The Morgan fingerprint density at radius 1 is 1.22 bits per heavy atom. The van der Waals surface area contributed by atoms with Gasteiger partial charge in [-0.2, -0.15) is 5.26 Å². The van der Waals surface area contributed by atoms with E-state index >= 15 is 0 Å². The molecule has 0 aliphatic carbocycles. The first-order valence-corrected chi connectivity index (χ1v) is 6.88. The van der Waals surface area contributed by atoms with Gasteiger partial charge in [0.2, 0.25) is 0 Å². The maximum Gasteiger partial charge on any atom is 0.0991 e. The summed E-state index contributed by atoms with van der Waals surface area (Å²) in [4.78, 5) is 3.69. The van der Waals surface area contributed by atoms with Gasteiger partial charge in [0.1, 0.15) is 0 Å². The molecule has 2 rings (SSSR count). The summed E-state index contributed by atoms with van der Waals surface area (Å²) in [5.41, 5.74) is 1.87. The summed E-state index contributed by atoms with van der Waals surface area (Å²) >= 11 is 1.78. The fourth-order valence-corrected chi connectivity index (χ4v) is 2.57. The maximum atomic E-state index is 8.82. The van der Waals surface area contributed by atoms with Gasteiger partial charge in [-0.15, -0.1) is 11.3 Å². The fraction of sp³-hybridized carbons (Fsp3) is 0.267. The molecule has 92 valence electrons. The third kappa shape index (κ3) is 2.91. The van der Waals surface area contributed by atoms with Gasteiger partial charge >= 0.3 is 0 Å². The molecule has 0 atom stereocenters. The molecular formula is C15H16N2S. The Morgan fingerprint density at radius 3 is 2.44 bits per heavy atom. The summed E-state index contributed by atoms with van der Waals surface area (Å²) in [6.07, 6.45) is 0. The minimum Gasteiger partial charge on any atom is -0.364 e. The third-order valence-electron chi connectivity index (χ3n) is 2.86. The highest BCUT2D eigenvalue weighted by Crippen LogP contribution is 2.22. The van der Waals surface area contributed by atoms with Crippen molar-refractivity contribution in [1.29, 1.82) is 5.26 Å². The van der Waals surface area contributed by atoms with Crippen LogP contribution < -0.4 is 4.90 Å². The fourth-order valence-electron chi connectivity index (χ4n) is 1.87. The maximum absolute atomic E-state index is 8.82. The molecule has 0 saturated heterocycles. The molecule has 18 heavy (non-hydrogen) atoms. The number of nitriles is 1. The standard InChI is InChI=1S/C15H16N2S/c1-12(2)17(11-15-4-3-9-18-15)14-7-5-13(10-16)6-8-14/h3-9,12H,11H2,1-2H3. The van der Waals surface area contributed by atoms with Gasteiger partial charge in [0.25, 0.3) is 0 Å². The summed E-state index contributed by atoms with van der Waals surface area (Å²) in [6, 6.07) is 14.6. The van der Waals surface area contributed by atoms with E-state index in [-0.39, 0.29) is 0 Å². The molecule has 1 heterocycles. The van der Waals surface area contributed by atoms with Gasteiger partial charge < -0.3 is 4.90 Å². The second kappa shape index (κ2) is 5.70. The van der Waals surface area contributed by atoms with Crippen LogP contribution in [0.5, 0.6) is 0 Å². The number of thiophene rings is 1. The molecule has 0 saturated carbocycles. The molecule has 0 unspecified atom stereocenters. The summed E-state index contributed by atoms with van der Waals surface area (Å²) in [5, 5.41) is 10.9. The lowest BCUT2D eigenvalue weighted by Crippen LogP contribution is -2.29. The topological polar surface area (TPSA) is 27.0 Å². The highest BCUT2D eigenvalue weighted by molar-refractivity contribution is 7.09. The highest BCUT2D eigenvalue weighted by Gasteiger charge is 2.11. The minimum atomic E-state index is 0.431. The summed E-state index contributed by atoms with van der Waals surface area (Å²) in [6.45, 7) is 5.29. The van der Waals surface area contributed by atoms with E-state index < -0.39 is 0 Å². The van der Waals surface area contributed by atoms with Gasteiger partial charge in [0, 0.05) is 16.6 Å². The third-order valence-corrected chi connectivity index (χ3v) is 3.72. The van der Waals surface area contributed by atoms with Crippen molar-refractivity contribution in [3.05, 3.63) is 52.2 Å². The number of hydrogen-bond acceptors (Lipinski definition) is 3. The van der Waals surface area contributed by atoms with Crippen LogP contribution in [-0.2, 0) is 6.54 Å². The van der Waals surface area contributed by atoms with Crippen LogP contribution in [0.1, 0.15) is 24.3 Å². The molecule has 0 bridgehead atoms. The van der Waals surface area contributed by atoms with Crippen LogP contribution in [0.4, 0.5) is 5.69 Å². The van der Waals surface area contributed by atoms with Gasteiger partial charge in [-0.25, -0.2) is 0 Å². The number of benzene rings is 1. The number of rotatable bonds is 4. The van der Waals surface area contributed by atoms with Crippen molar-refractivity contribution < 1.29 is 0 Å². The summed E-state index contributed by atoms with van der Waals surface area (Å²) in [7, 11) is 0. The molecular weight excluding hydrogens is 240 g/mol. The zero-order valence-corrected chi connectivity index (χ0v) is 11.4. The quantitative estimate of drug-likeness (QED) is 0.825. The van der Waals surface area contributed by atoms with Crippen molar-refractivity contribution in [2.45, 2.75) is 26.4 Å².